The Bertz CT molecular complexity index is 1500. The zero-order valence-corrected chi connectivity index (χ0v) is 19.3. The van der Waals surface area contributed by atoms with Crippen LogP contribution >= 0.6 is 23.2 Å². The van der Waals surface area contributed by atoms with E-state index < -0.39 is 20.0 Å². The lowest BCUT2D eigenvalue weighted by Gasteiger charge is -2.12. The van der Waals surface area contributed by atoms with Crippen LogP contribution in [0.25, 0.3) is 10.9 Å². The Morgan fingerprint density at radius 2 is 1.31 bits per heavy atom. The molecule has 3 aromatic carbocycles. The number of rotatable bonds is 6. The third-order valence-electron chi connectivity index (χ3n) is 4.42. The number of para-hydroxylation sites is 1. The molecule has 164 valence electrons. The monoisotopic (exact) mass is 507 g/mol. The molecule has 32 heavy (non-hydrogen) atoms. The van der Waals surface area contributed by atoms with Gasteiger partial charge in [-0.15, -0.1) is 0 Å². The van der Waals surface area contributed by atoms with E-state index in [1.807, 2.05) is 0 Å². The van der Waals surface area contributed by atoms with Gasteiger partial charge in [-0.05, 0) is 54.6 Å². The van der Waals surface area contributed by atoms with Crippen molar-refractivity contribution in [1.82, 2.24) is 4.98 Å². The summed E-state index contributed by atoms with van der Waals surface area (Å²) in [6, 6.07) is 17.9. The average molecular weight is 508 g/mol. The fourth-order valence-corrected chi connectivity index (χ4v) is 5.84. The molecular weight excluding hydrogens is 493 g/mol. The lowest BCUT2D eigenvalue weighted by molar-refractivity contribution is 0.600. The van der Waals surface area contributed by atoms with E-state index >= 15 is 0 Å². The largest absolute Gasteiger partial charge is 0.280 e. The number of pyridine rings is 1. The van der Waals surface area contributed by atoms with Crippen molar-refractivity contribution in [3.63, 3.8) is 0 Å². The SMILES string of the molecule is O=S(=O)(Nc1cc(Cl)cc(Cl)c1)c1ccc(NS(=O)(=O)c2cccc3cccnc23)cc1. The first-order chi connectivity index (χ1) is 15.1. The number of sulfonamides is 2. The molecule has 0 bridgehead atoms. The molecule has 0 amide bonds. The highest BCUT2D eigenvalue weighted by molar-refractivity contribution is 7.93. The summed E-state index contributed by atoms with van der Waals surface area (Å²) in [5, 5.41) is 1.25. The zero-order chi connectivity index (χ0) is 22.9. The highest BCUT2D eigenvalue weighted by Gasteiger charge is 2.19. The Balaban J connectivity index is 1.58. The van der Waals surface area contributed by atoms with Gasteiger partial charge < -0.3 is 0 Å². The summed E-state index contributed by atoms with van der Waals surface area (Å²) in [6.07, 6.45) is 1.51. The number of fused-ring (bicyclic) bond motifs is 1. The van der Waals surface area contributed by atoms with E-state index in [0.717, 1.165) is 0 Å². The molecule has 0 atom stereocenters. The van der Waals surface area contributed by atoms with Crippen molar-refractivity contribution >= 4 is 65.5 Å². The Kier molecular flexibility index (Phi) is 6.00. The number of nitrogens with zero attached hydrogens (tertiary/aromatic N) is 1. The van der Waals surface area contributed by atoms with Gasteiger partial charge >= 0.3 is 0 Å². The quantitative estimate of drug-likeness (QED) is 0.375. The van der Waals surface area contributed by atoms with Gasteiger partial charge in [0, 0.05) is 27.3 Å². The minimum absolute atomic E-state index is 0.0202. The van der Waals surface area contributed by atoms with Crippen LogP contribution in [-0.4, -0.2) is 21.8 Å². The predicted octanol–water partition coefficient (Wildman–Crippen LogP) is 5.14. The first kappa shape index (κ1) is 22.3. The van der Waals surface area contributed by atoms with Crippen LogP contribution in [0.1, 0.15) is 0 Å². The van der Waals surface area contributed by atoms with Gasteiger partial charge in [0.2, 0.25) is 0 Å². The maximum atomic E-state index is 12.9. The minimum atomic E-state index is -3.95. The molecular formula is C21H15Cl2N3O4S2. The average Bonchev–Trinajstić information content (AvgIpc) is 2.72. The van der Waals surface area contributed by atoms with Crippen molar-refractivity contribution < 1.29 is 16.8 Å². The van der Waals surface area contributed by atoms with E-state index in [4.69, 9.17) is 23.2 Å². The normalized spacial score (nSPS) is 11.9. The van der Waals surface area contributed by atoms with Crippen molar-refractivity contribution in [3.8, 4) is 0 Å². The van der Waals surface area contributed by atoms with Gasteiger partial charge in [-0.1, -0.05) is 41.4 Å². The molecule has 2 N–H and O–H groups in total. The molecule has 0 radical (unpaired) electrons. The number of aromatic nitrogens is 1. The number of anilines is 2. The van der Waals surface area contributed by atoms with Gasteiger partial charge in [0.25, 0.3) is 20.0 Å². The molecule has 0 aliphatic carbocycles. The summed E-state index contributed by atoms with van der Waals surface area (Å²) in [6.45, 7) is 0. The Morgan fingerprint density at radius 1 is 0.688 bits per heavy atom. The number of halogens is 2. The van der Waals surface area contributed by atoms with Gasteiger partial charge in [-0.3, -0.25) is 14.4 Å². The number of hydrogen-bond donors (Lipinski definition) is 2. The highest BCUT2D eigenvalue weighted by Crippen LogP contribution is 2.26. The summed E-state index contributed by atoms with van der Waals surface area (Å²) >= 11 is 11.8. The summed E-state index contributed by atoms with van der Waals surface area (Å²) in [4.78, 5) is 4.12. The van der Waals surface area contributed by atoms with Crippen LogP contribution in [0.3, 0.4) is 0 Å². The smallest absolute Gasteiger partial charge is 0.264 e. The molecule has 0 aliphatic heterocycles. The molecule has 0 unspecified atom stereocenters. The highest BCUT2D eigenvalue weighted by atomic mass is 35.5. The second-order valence-corrected chi connectivity index (χ2v) is 10.9. The van der Waals surface area contributed by atoms with Crippen molar-refractivity contribution in [2.45, 2.75) is 9.79 Å². The van der Waals surface area contributed by atoms with Crippen LogP contribution in [0.5, 0.6) is 0 Å². The van der Waals surface area contributed by atoms with Crippen molar-refractivity contribution in [2.75, 3.05) is 9.44 Å². The van der Waals surface area contributed by atoms with E-state index in [2.05, 4.69) is 14.4 Å². The molecule has 1 heterocycles. The molecule has 0 fully saturated rings. The van der Waals surface area contributed by atoms with Crippen LogP contribution in [0.4, 0.5) is 11.4 Å². The van der Waals surface area contributed by atoms with Gasteiger partial charge in [-0.25, -0.2) is 16.8 Å². The lowest BCUT2D eigenvalue weighted by atomic mass is 10.2. The Hall–Kier alpha value is -2.85. The molecule has 0 spiro atoms. The van der Waals surface area contributed by atoms with Crippen LogP contribution < -0.4 is 9.44 Å². The summed E-state index contributed by atoms with van der Waals surface area (Å²) in [5.41, 5.74) is 0.740. The topological polar surface area (TPSA) is 105 Å². The Morgan fingerprint density at radius 3 is 2.00 bits per heavy atom. The van der Waals surface area contributed by atoms with Gasteiger partial charge in [0.1, 0.15) is 4.90 Å². The van der Waals surface area contributed by atoms with Crippen LogP contribution in [-0.2, 0) is 20.0 Å². The molecule has 0 saturated carbocycles. The van der Waals surface area contributed by atoms with E-state index in [1.54, 1.807) is 24.3 Å². The number of nitrogens with one attached hydrogen (secondary N) is 2. The number of benzene rings is 3. The van der Waals surface area contributed by atoms with Gasteiger partial charge in [-0.2, -0.15) is 0 Å². The fourth-order valence-electron chi connectivity index (χ4n) is 3.03. The first-order valence-electron chi connectivity index (χ1n) is 9.10. The maximum absolute atomic E-state index is 12.9. The second kappa shape index (κ2) is 8.59. The third kappa shape index (κ3) is 4.81. The van der Waals surface area contributed by atoms with Crippen LogP contribution in [0.15, 0.2) is 88.8 Å². The minimum Gasteiger partial charge on any atom is -0.280 e. The first-order valence-corrected chi connectivity index (χ1v) is 12.8. The molecule has 4 rings (SSSR count). The molecule has 0 saturated heterocycles. The van der Waals surface area contributed by atoms with E-state index in [-0.39, 0.29) is 31.2 Å². The second-order valence-electron chi connectivity index (χ2n) is 6.72. The van der Waals surface area contributed by atoms with Crippen LogP contribution in [0.2, 0.25) is 10.0 Å². The standard InChI is InChI=1S/C21H15Cl2N3O4S2/c22-15-11-16(23)13-18(12-15)26-31(27,28)19-8-6-17(7-9-19)25-32(29,30)20-5-1-3-14-4-2-10-24-21(14)20/h1-13,25-26H. The fraction of sp³-hybridized carbons (Fsp3) is 0. The third-order valence-corrected chi connectivity index (χ3v) is 7.66. The van der Waals surface area contributed by atoms with Crippen molar-refractivity contribution in [1.29, 1.82) is 0 Å². The molecule has 11 heteroatoms. The molecule has 1 aromatic heterocycles. The maximum Gasteiger partial charge on any atom is 0.264 e. The zero-order valence-electron chi connectivity index (χ0n) is 16.2. The van der Waals surface area contributed by atoms with E-state index in [1.165, 1.54) is 54.7 Å². The predicted molar refractivity (Wildman–Crippen MR) is 126 cm³/mol. The van der Waals surface area contributed by atoms with Crippen molar-refractivity contribution in [2.24, 2.45) is 0 Å². The van der Waals surface area contributed by atoms with Gasteiger partial charge in [0.05, 0.1) is 16.1 Å². The molecule has 7 nitrogen and oxygen atoms in total. The van der Waals surface area contributed by atoms with Crippen molar-refractivity contribution in [3.05, 3.63) is 89.0 Å². The lowest BCUT2D eigenvalue weighted by Crippen LogP contribution is -2.15. The molecule has 0 aliphatic rings. The Labute approximate surface area is 195 Å². The molecule has 4 aromatic rings. The summed E-state index contributed by atoms with van der Waals surface area (Å²) in [7, 11) is -7.90. The summed E-state index contributed by atoms with van der Waals surface area (Å²) < 4.78 is 55.9. The van der Waals surface area contributed by atoms with E-state index in [9.17, 15) is 16.8 Å². The van der Waals surface area contributed by atoms with E-state index in [0.29, 0.717) is 10.9 Å². The number of hydrogen-bond acceptors (Lipinski definition) is 5. The summed E-state index contributed by atoms with van der Waals surface area (Å²) in [5.74, 6) is 0. The van der Waals surface area contributed by atoms with Crippen LogP contribution in [0, 0.1) is 0 Å². The van der Waals surface area contributed by atoms with Gasteiger partial charge in [0.15, 0.2) is 0 Å².